The number of rotatable bonds is 2. The predicted octanol–water partition coefficient (Wildman–Crippen LogP) is 9.39. The standard InChI is InChI=1S/C36H22N4/c1-5-13-27-23(9-1)24-10-2-6-14-28(24)32-31(27)37-35(38-32)21-17-19-22(20-18-21)36-39-33-29-15-7-3-11-25(29)26-12-4-8-16-30(26)34(33)40-36/h1-20H,(H,37,38)(H,39,40). The second-order valence-corrected chi connectivity index (χ2v) is 10.4. The zero-order chi connectivity index (χ0) is 26.2. The van der Waals surface area contributed by atoms with E-state index in [4.69, 9.17) is 9.97 Å². The summed E-state index contributed by atoms with van der Waals surface area (Å²) in [6, 6.07) is 42.6. The smallest absolute Gasteiger partial charge is 0.138 e. The van der Waals surface area contributed by atoms with E-state index in [-0.39, 0.29) is 0 Å². The normalized spacial score (nSPS) is 12.0. The minimum Gasteiger partial charge on any atom is -0.337 e. The van der Waals surface area contributed by atoms with E-state index in [1.165, 1.54) is 32.3 Å². The van der Waals surface area contributed by atoms with Gasteiger partial charge in [0.05, 0.1) is 22.1 Å². The maximum absolute atomic E-state index is 5.09. The Bertz CT molecular complexity index is 2110. The zero-order valence-electron chi connectivity index (χ0n) is 21.4. The average molecular weight is 511 g/mol. The fourth-order valence-corrected chi connectivity index (χ4v) is 6.31. The minimum absolute atomic E-state index is 0.865. The predicted molar refractivity (Wildman–Crippen MR) is 167 cm³/mol. The molecule has 0 aliphatic heterocycles. The first kappa shape index (κ1) is 21.5. The number of hydrogen-bond donors (Lipinski definition) is 2. The van der Waals surface area contributed by atoms with Gasteiger partial charge >= 0.3 is 0 Å². The van der Waals surface area contributed by atoms with E-state index < -0.39 is 0 Å². The zero-order valence-corrected chi connectivity index (χ0v) is 21.4. The lowest BCUT2D eigenvalue weighted by Gasteiger charge is -2.05. The molecule has 0 bridgehead atoms. The Morgan fingerprint density at radius 3 is 1.00 bits per heavy atom. The second kappa shape index (κ2) is 8.01. The Kier molecular flexibility index (Phi) is 4.30. The molecule has 186 valence electrons. The van der Waals surface area contributed by atoms with E-state index in [1.54, 1.807) is 0 Å². The van der Waals surface area contributed by atoms with Gasteiger partial charge in [0.15, 0.2) is 0 Å². The third kappa shape index (κ3) is 2.96. The van der Waals surface area contributed by atoms with Gasteiger partial charge in [-0.15, -0.1) is 0 Å². The Morgan fingerprint density at radius 1 is 0.325 bits per heavy atom. The Hall–Kier alpha value is -5.48. The summed E-state index contributed by atoms with van der Waals surface area (Å²) in [5.74, 6) is 1.73. The third-order valence-corrected chi connectivity index (χ3v) is 8.18. The molecule has 0 spiro atoms. The number of aromatic amines is 2. The molecule has 0 saturated heterocycles. The number of benzene rings is 7. The highest BCUT2D eigenvalue weighted by Crippen LogP contribution is 2.37. The molecule has 0 aliphatic carbocycles. The fraction of sp³-hybridized carbons (Fsp3) is 0. The summed E-state index contributed by atoms with van der Waals surface area (Å²) < 4.78 is 0. The molecule has 0 saturated carbocycles. The largest absolute Gasteiger partial charge is 0.337 e. The molecule has 0 unspecified atom stereocenters. The SMILES string of the molecule is c1ccc2c(c1)c1ccccc1c1[nH]c(-c3ccc(-c4nc5c6ccccc6c6ccccc6c5[nH]4)cc3)nc21. The molecular formula is C36H22N4. The fourth-order valence-electron chi connectivity index (χ4n) is 6.31. The van der Waals surface area contributed by atoms with Crippen LogP contribution >= 0.6 is 0 Å². The van der Waals surface area contributed by atoms with Crippen LogP contribution in [-0.4, -0.2) is 19.9 Å². The molecule has 40 heavy (non-hydrogen) atoms. The molecule has 0 amide bonds. The van der Waals surface area contributed by atoms with Crippen molar-refractivity contribution in [1.82, 2.24) is 19.9 Å². The maximum atomic E-state index is 5.09. The molecule has 4 nitrogen and oxygen atoms in total. The van der Waals surface area contributed by atoms with Crippen molar-refractivity contribution in [2.45, 2.75) is 0 Å². The lowest BCUT2D eigenvalue weighted by molar-refractivity contribution is 1.32. The molecule has 7 aromatic carbocycles. The number of fused-ring (bicyclic) bond motifs is 12. The second-order valence-electron chi connectivity index (χ2n) is 10.4. The summed E-state index contributed by atoms with van der Waals surface area (Å²) in [5.41, 5.74) is 6.24. The van der Waals surface area contributed by atoms with Gasteiger partial charge in [-0.1, -0.05) is 121 Å². The maximum Gasteiger partial charge on any atom is 0.138 e. The van der Waals surface area contributed by atoms with Crippen LogP contribution in [-0.2, 0) is 0 Å². The third-order valence-electron chi connectivity index (χ3n) is 8.18. The van der Waals surface area contributed by atoms with Gasteiger partial charge in [0.1, 0.15) is 11.6 Å². The van der Waals surface area contributed by atoms with Crippen molar-refractivity contribution in [2.75, 3.05) is 0 Å². The van der Waals surface area contributed by atoms with Gasteiger partial charge in [-0.05, 0) is 21.5 Å². The first-order valence-electron chi connectivity index (χ1n) is 13.5. The monoisotopic (exact) mass is 510 g/mol. The van der Waals surface area contributed by atoms with Crippen molar-refractivity contribution in [3.63, 3.8) is 0 Å². The molecule has 9 aromatic rings. The van der Waals surface area contributed by atoms with Crippen LogP contribution in [0, 0.1) is 0 Å². The van der Waals surface area contributed by atoms with E-state index in [0.29, 0.717) is 0 Å². The summed E-state index contributed by atoms with van der Waals surface area (Å²) in [6.07, 6.45) is 0. The lowest BCUT2D eigenvalue weighted by atomic mass is 10.0. The Labute approximate surface area is 228 Å². The van der Waals surface area contributed by atoms with Crippen molar-refractivity contribution >= 4 is 65.2 Å². The van der Waals surface area contributed by atoms with Crippen molar-refractivity contribution < 1.29 is 0 Å². The Morgan fingerprint density at radius 2 is 0.625 bits per heavy atom. The van der Waals surface area contributed by atoms with Gasteiger partial charge in [-0.2, -0.15) is 0 Å². The summed E-state index contributed by atoms with van der Waals surface area (Å²) in [4.78, 5) is 17.4. The van der Waals surface area contributed by atoms with Gasteiger partial charge in [0.2, 0.25) is 0 Å². The lowest BCUT2D eigenvalue weighted by Crippen LogP contribution is -1.83. The van der Waals surface area contributed by atoms with Crippen LogP contribution in [0.2, 0.25) is 0 Å². The molecule has 0 atom stereocenters. The van der Waals surface area contributed by atoms with Crippen LogP contribution in [0.1, 0.15) is 0 Å². The average Bonchev–Trinajstić information content (AvgIpc) is 3.68. The number of hydrogen-bond acceptors (Lipinski definition) is 2. The van der Waals surface area contributed by atoms with Gasteiger partial charge in [-0.25, -0.2) is 9.97 Å². The molecule has 0 radical (unpaired) electrons. The van der Waals surface area contributed by atoms with Crippen molar-refractivity contribution in [1.29, 1.82) is 0 Å². The van der Waals surface area contributed by atoms with Gasteiger partial charge < -0.3 is 9.97 Å². The minimum atomic E-state index is 0.865. The van der Waals surface area contributed by atoms with Crippen molar-refractivity contribution in [3.8, 4) is 22.8 Å². The summed E-state index contributed by atoms with van der Waals surface area (Å²) >= 11 is 0. The molecular weight excluding hydrogens is 488 g/mol. The number of H-pyrrole nitrogens is 2. The van der Waals surface area contributed by atoms with E-state index >= 15 is 0 Å². The van der Waals surface area contributed by atoms with Crippen LogP contribution in [0.15, 0.2) is 121 Å². The molecule has 2 N–H and O–H groups in total. The highest BCUT2D eigenvalue weighted by molar-refractivity contribution is 6.24. The van der Waals surface area contributed by atoms with E-state index in [2.05, 4.69) is 131 Å². The van der Waals surface area contributed by atoms with Crippen molar-refractivity contribution in [3.05, 3.63) is 121 Å². The van der Waals surface area contributed by atoms with E-state index in [1.807, 2.05) is 0 Å². The topological polar surface area (TPSA) is 57.4 Å². The summed E-state index contributed by atoms with van der Waals surface area (Å²) in [6.45, 7) is 0. The van der Waals surface area contributed by atoms with E-state index in [9.17, 15) is 0 Å². The van der Waals surface area contributed by atoms with Gasteiger partial charge in [0, 0.05) is 32.7 Å². The van der Waals surface area contributed by atoms with E-state index in [0.717, 1.165) is 55.6 Å². The number of nitrogens with zero attached hydrogens (tertiary/aromatic N) is 2. The van der Waals surface area contributed by atoms with Crippen LogP contribution < -0.4 is 0 Å². The summed E-state index contributed by atoms with van der Waals surface area (Å²) in [7, 11) is 0. The van der Waals surface area contributed by atoms with Crippen LogP contribution in [0.5, 0.6) is 0 Å². The molecule has 0 fully saturated rings. The highest BCUT2D eigenvalue weighted by Gasteiger charge is 2.16. The van der Waals surface area contributed by atoms with Crippen molar-refractivity contribution in [2.24, 2.45) is 0 Å². The molecule has 4 heteroatoms. The molecule has 9 rings (SSSR count). The van der Waals surface area contributed by atoms with Gasteiger partial charge in [0.25, 0.3) is 0 Å². The molecule has 2 aromatic heterocycles. The Balaban J connectivity index is 1.20. The first-order chi connectivity index (χ1) is 19.8. The number of nitrogens with one attached hydrogen (secondary N) is 2. The quantitative estimate of drug-likeness (QED) is 0.228. The van der Waals surface area contributed by atoms with Crippen LogP contribution in [0.4, 0.5) is 0 Å². The summed E-state index contributed by atoms with van der Waals surface area (Å²) in [5, 5.41) is 9.63. The van der Waals surface area contributed by atoms with Crippen LogP contribution in [0.25, 0.3) is 87.9 Å². The first-order valence-corrected chi connectivity index (χ1v) is 13.5. The highest BCUT2D eigenvalue weighted by atomic mass is 14.9. The number of aromatic nitrogens is 4. The molecule has 0 aliphatic rings. The van der Waals surface area contributed by atoms with Crippen LogP contribution in [0.3, 0.4) is 0 Å². The molecule has 2 heterocycles. The number of imidazole rings is 2. The van der Waals surface area contributed by atoms with Gasteiger partial charge in [-0.3, -0.25) is 0 Å².